The quantitative estimate of drug-likeness (QED) is 0.798. The van der Waals surface area contributed by atoms with E-state index < -0.39 is 6.04 Å². The van der Waals surface area contributed by atoms with Gasteiger partial charge in [-0.25, -0.2) is 4.79 Å². The molecule has 0 radical (unpaired) electrons. The molecule has 1 aromatic carbocycles. The number of amides is 1. The van der Waals surface area contributed by atoms with Crippen molar-refractivity contribution in [2.45, 2.75) is 37.3 Å². The van der Waals surface area contributed by atoms with E-state index in [1.807, 2.05) is 6.92 Å². The van der Waals surface area contributed by atoms with Gasteiger partial charge in [-0.2, -0.15) is 5.26 Å². The smallest absolute Gasteiger partial charge is 0.330 e. The Balaban J connectivity index is 1.68. The fourth-order valence-corrected chi connectivity index (χ4v) is 4.41. The van der Waals surface area contributed by atoms with E-state index in [0.29, 0.717) is 23.3 Å². The molecule has 2 atom stereocenters. The number of nitriles is 1. The number of benzene rings is 1. The predicted octanol–water partition coefficient (Wildman–Crippen LogP) is 2.06. The Morgan fingerprint density at radius 3 is 3.09 bits per heavy atom. The number of nitrogens with zero attached hydrogens (tertiary/aromatic N) is 2. The zero-order chi connectivity index (χ0) is 15.7. The Morgan fingerprint density at radius 2 is 2.32 bits per heavy atom. The summed E-state index contributed by atoms with van der Waals surface area (Å²) in [5.41, 5.74) is 1.18. The van der Waals surface area contributed by atoms with Gasteiger partial charge in [-0.1, -0.05) is 18.2 Å². The largest absolute Gasteiger partial charge is 0.459 e. The Bertz CT molecular complexity index is 670. The first-order chi connectivity index (χ1) is 10.5. The molecule has 2 unspecified atom stereocenters. The van der Waals surface area contributed by atoms with Gasteiger partial charge in [0.25, 0.3) is 0 Å². The van der Waals surface area contributed by atoms with Crippen LogP contribution in [0.15, 0.2) is 24.3 Å². The van der Waals surface area contributed by atoms with Crippen LogP contribution < -0.4 is 0 Å². The summed E-state index contributed by atoms with van der Waals surface area (Å²) in [5.74, 6) is 0.201. The van der Waals surface area contributed by atoms with Crippen molar-refractivity contribution in [3.63, 3.8) is 0 Å². The molecule has 22 heavy (non-hydrogen) atoms. The molecule has 0 aliphatic carbocycles. The van der Waals surface area contributed by atoms with E-state index in [1.165, 1.54) is 0 Å². The van der Waals surface area contributed by atoms with E-state index in [9.17, 15) is 9.59 Å². The molecule has 2 fully saturated rings. The fraction of sp³-hybridized carbons (Fsp3) is 0.438. The second-order valence-corrected chi connectivity index (χ2v) is 7.14. The molecule has 114 valence electrons. The molecular formula is C16H16N2O3S. The Kier molecular flexibility index (Phi) is 3.83. The topological polar surface area (TPSA) is 70.4 Å². The summed E-state index contributed by atoms with van der Waals surface area (Å²) in [6.45, 7) is 2.06. The Morgan fingerprint density at radius 1 is 1.55 bits per heavy atom. The molecule has 0 aromatic heterocycles. The van der Waals surface area contributed by atoms with Crippen molar-refractivity contribution >= 4 is 23.6 Å². The van der Waals surface area contributed by atoms with Gasteiger partial charge < -0.3 is 9.64 Å². The van der Waals surface area contributed by atoms with E-state index >= 15 is 0 Å². The number of carbonyl (C=O) groups excluding carboxylic acids is 2. The average molecular weight is 316 g/mol. The fourth-order valence-electron chi connectivity index (χ4n) is 3.00. The number of hydrogen-bond donors (Lipinski definition) is 0. The van der Waals surface area contributed by atoms with E-state index in [-0.39, 0.29) is 23.4 Å². The van der Waals surface area contributed by atoms with Crippen molar-refractivity contribution in [3.8, 4) is 6.07 Å². The summed E-state index contributed by atoms with van der Waals surface area (Å²) in [6, 6.07) is 8.59. The molecule has 0 bridgehead atoms. The van der Waals surface area contributed by atoms with Crippen molar-refractivity contribution in [2.24, 2.45) is 0 Å². The predicted molar refractivity (Wildman–Crippen MR) is 81.7 cm³/mol. The van der Waals surface area contributed by atoms with Crippen LogP contribution in [0.1, 0.15) is 30.9 Å². The number of carbonyl (C=O) groups is 2. The third kappa shape index (κ3) is 2.46. The lowest BCUT2D eigenvalue weighted by Crippen LogP contribution is -2.46. The van der Waals surface area contributed by atoms with Crippen molar-refractivity contribution in [1.82, 2.24) is 4.90 Å². The van der Waals surface area contributed by atoms with E-state index in [1.54, 1.807) is 40.9 Å². The lowest BCUT2D eigenvalue weighted by atomic mass is 10.1. The molecule has 6 heteroatoms. The average Bonchev–Trinajstić information content (AvgIpc) is 3.02. The second kappa shape index (κ2) is 5.65. The SMILES string of the molecule is CC12CCC(=O)N1C(C(=O)OCc1ccccc1C#N)CS2. The number of fused-ring (bicyclic) bond motifs is 1. The molecule has 1 amide bonds. The van der Waals surface area contributed by atoms with Gasteiger partial charge in [0.1, 0.15) is 12.6 Å². The summed E-state index contributed by atoms with van der Waals surface area (Å²) >= 11 is 1.64. The minimum atomic E-state index is -0.515. The summed E-state index contributed by atoms with van der Waals surface area (Å²) < 4.78 is 5.36. The van der Waals surface area contributed by atoms with Gasteiger partial charge in [0, 0.05) is 17.7 Å². The maximum atomic E-state index is 12.3. The number of hydrogen-bond acceptors (Lipinski definition) is 5. The van der Waals surface area contributed by atoms with E-state index in [2.05, 4.69) is 6.07 Å². The van der Waals surface area contributed by atoms with Gasteiger partial charge in [0.15, 0.2) is 0 Å². The van der Waals surface area contributed by atoms with Crippen molar-refractivity contribution < 1.29 is 14.3 Å². The first-order valence-electron chi connectivity index (χ1n) is 7.16. The number of thioether (sulfide) groups is 1. The highest BCUT2D eigenvalue weighted by atomic mass is 32.2. The molecule has 2 heterocycles. The number of ether oxygens (including phenoxy) is 1. The zero-order valence-electron chi connectivity index (χ0n) is 12.2. The van der Waals surface area contributed by atoms with Gasteiger partial charge in [-0.15, -0.1) is 11.8 Å². The highest BCUT2D eigenvalue weighted by Crippen LogP contribution is 2.47. The summed E-state index contributed by atoms with van der Waals surface area (Å²) in [4.78, 5) is 25.8. The minimum Gasteiger partial charge on any atom is -0.459 e. The van der Waals surface area contributed by atoms with Crippen LogP contribution in [0.5, 0.6) is 0 Å². The van der Waals surface area contributed by atoms with Crippen LogP contribution in [0.2, 0.25) is 0 Å². The van der Waals surface area contributed by atoms with Crippen LogP contribution in [-0.4, -0.2) is 33.4 Å². The van der Waals surface area contributed by atoms with Gasteiger partial charge >= 0.3 is 5.97 Å². The third-order valence-corrected chi connectivity index (χ3v) is 5.73. The molecule has 0 N–H and O–H groups in total. The highest BCUT2D eigenvalue weighted by Gasteiger charge is 2.53. The van der Waals surface area contributed by atoms with E-state index in [0.717, 1.165) is 6.42 Å². The summed E-state index contributed by atoms with van der Waals surface area (Å²) in [7, 11) is 0. The molecule has 0 saturated carbocycles. The minimum absolute atomic E-state index is 0.0203. The lowest BCUT2D eigenvalue weighted by molar-refractivity contribution is -0.154. The number of esters is 1. The third-order valence-electron chi connectivity index (χ3n) is 4.22. The molecule has 2 aliphatic heterocycles. The number of rotatable bonds is 3. The monoisotopic (exact) mass is 316 g/mol. The van der Waals surface area contributed by atoms with Gasteiger partial charge in [-0.05, 0) is 19.4 Å². The standard InChI is InChI=1S/C16H16N2O3S/c1-16-7-6-14(19)18(16)13(10-22-16)15(20)21-9-12-5-3-2-4-11(12)8-17/h2-5,13H,6-7,9-10H2,1H3. The van der Waals surface area contributed by atoms with Gasteiger partial charge in [-0.3, -0.25) is 4.79 Å². The Hall–Kier alpha value is -2.00. The molecule has 5 nitrogen and oxygen atoms in total. The zero-order valence-corrected chi connectivity index (χ0v) is 13.1. The van der Waals surface area contributed by atoms with Crippen LogP contribution in [-0.2, 0) is 20.9 Å². The van der Waals surface area contributed by atoms with Crippen LogP contribution in [0, 0.1) is 11.3 Å². The maximum Gasteiger partial charge on any atom is 0.330 e. The Labute approximate surface area is 133 Å². The van der Waals surface area contributed by atoms with Crippen molar-refractivity contribution in [3.05, 3.63) is 35.4 Å². The van der Waals surface area contributed by atoms with Gasteiger partial charge in [0.2, 0.25) is 5.91 Å². The van der Waals surface area contributed by atoms with Gasteiger partial charge in [0.05, 0.1) is 16.5 Å². The molecule has 0 spiro atoms. The van der Waals surface area contributed by atoms with Crippen molar-refractivity contribution in [1.29, 1.82) is 5.26 Å². The second-order valence-electron chi connectivity index (χ2n) is 5.64. The summed E-state index contributed by atoms with van der Waals surface area (Å²) in [5, 5.41) is 9.04. The van der Waals surface area contributed by atoms with Crippen LogP contribution in [0.3, 0.4) is 0 Å². The van der Waals surface area contributed by atoms with Crippen LogP contribution >= 0.6 is 11.8 Å². The molecule has 3 rings (SSSR count). The molecule has 1 aromatic rings. The molecule has 2 aliphatic rings. The summed E-state index contributed by atoms with van der Waals surface area (Å²) in [6.07, 6.45) is 1.27. The van der Waals surface area contributed by atoms with Crippen LogP contribution in [0.25, 0.3) is 0 Å². The van der Waals surface area contributed by atoms with E-state index in [4.69, 9.17) is 10.00 Å². The molecular weight excluding hydrogens is 300 g/mol. The van der Waals surface area contributed by atoms with Crippen molar-refractivity contribution in [2.75, 3.05) is 5.75 Å². The maximum absolute atomic E-state index is 12.3. The lowest BCUT2D eigenvalue weighted by Gasteiger charge is -2.29. The first kappa shape index (κ1) is 14.9. The van der Waals surface area contributed by atoms with Crippen LogP contribution in [0.4, 0.5) is 0 Å². The molecule has 2 saturated heterocycles. The first-order valence-corrected chi connectivity index (χ1v) is 8.14. The highest BCUT2D eigenvalue weighted by molar-refractivity contribution is 8.01. The normalized spacial score (nSPS) is 26.6.